The first kappa shape index (κ1) is 45.0. The van der Waals surface area contributed by atoms with E-state index in [-0.39, 0.29) is 47.8 Å². The molecule has 58 heavy (non-hydrogen) atoms. The second kappa shape index (κ2) is 16.4. The van der Waals surface area contributed by atoms with Crippen molar-refractivity contribution in [2.45, 2.75) is 126 Å². The fraction of sp³-hybridized carbons (Fsp3) is 0.730. The molecule has 6 rings (SSSR count). The molecule has 326 valence electrons. The van der Waals surface area contributed by atoms with Crippen LogP contribution in [0, 0.1) is 47.3 Å². The predicted octanol–water partition coefficient (Wildman–Crippen LogP) is 3.39. The minimum Gasteiger partial charge on any atom is -0.481 e. The monoisotopic (exact) mass is 880 g/mol. The Morgan fingerprint density at radius 1 is 1.02 bits per heavy atom. The third-order valence-electron chi connectivity index (χ3n) is 13.2. The van der Waals surface area contributed by atoms with Gasteiger partial charge in [-0.25, -0.2) is 9.44 Å². The fourth-order valence-electron chi connectivity index (χ4n) is 10.9. The minimum absolute atomic E-state index is 0.117. The fourth-order valence-corrected chi connectivity index (χ4v) is 13.5. The molecule has 1 saturated heterocycles. The molecule has 2 bridgehead atoms. The minimum atomic E-state index is -5.63. The van der Waals surface area contributed by atoms with Gasteiger partial charge in [0.15, 0.2) is 12.4 Å². The lowest BCUT2D eigenvalue weighted by molar-refractivity contribution is -0.296. The summed E-state index contributed by atoms with van der Waals surface area (Å²) < 4.78 is 120. The van der Waals surface area contributed by atoms with Gasteiger partial charge < -0.3 is 24.4 Å². The highest BCUT2D eigenvalue weighted by Crippen LogP contribution is 2.70. The maximum absolute atomic E-state index is 13.4. The van der Waals surface area contributed by atoms with Crippen LogP contribution in [0.2, 0.25) is 0 Å². The van der Waals surface area contributed by atoms with E-state index in [9.17, 15) is 54.9 Å². The number of aliphatic hydroxyl groups excluding tert-OH is 1. The lowest BCUT2D eigenvalue weighted by atomic mass is 9.43. The number of rotatable bonds is 14. The molecule has 1 aromatic rings. The molecule has 1 heterocycles. The van der Waals surface area contributed by atoms with Crippen molar-refractivity contribution in [1.82, 2.24) is 0 Å². The summed E-state index contributed by atoms with van der Waals surface area (Å²) in [7, 11) is -15.7. The average molecular weight is 881 g/mol. The molecular formula is C37H52O18S3. The molecule has 1 aliphatic heterocycles. The molecule has 4 N–H and O–H groups in total. The van der Waals surface area contributed by atoms with Gasteiger partial charge in [0.25, 0.3) is 10.1 Å². The van der Waals surface area contributed by atoms with Gasteiger partial charge in [0.1, 0.15) is 17.5 Å². The van der Waals surface area contributed by atoms with Gasteiger partial charge in [-0.05, 0) is 98.7 Å². The van der Waals surface area contributed by atoms with E-state index in [2.05, 4.69) is 10.9 Å². The van der Waals surface area contributed by atoms with Gasteiger partial charge in [-0.2, -0.15) is 25.3 Å². The maximum Gasteiger partial charge on any atom is 0.397 e. The van der Waals surface area contributed by atoms with Crippen molar-refractivity contribution in [3.8, 4) is 0 Å². The number of aliphatic carboxylic acids is 1. The number of carbonyl (C=O) groups is 2. The Bertz CT molecular complexity index is 2070. The summed E-state index contributed by atoms with van der Waals surface area (Å²) in [5.74, 6) is -3.82. The third-order valence-corrected chi connectivity index (χ3v) is 16.4. The van der Waals surface area contributed by atoms with Crippen molar-refractivity contribution in [3.05, 3.63) is 42.0 Å². The van der Waals surface area contributed by atoms with Gasteiger partial charge in [-0.15, -0.1) is 4.33 Å². The van der Waals surface area contributed by atoms with E-state index in [1.165, 1.54) is 24.3 Å². The number of hydrogen-bond acceptors (Lipinski definition) is 16. The first-order chi connectivity index (χ1) is 26.9. The molecule has 13 atom stereocenters. The number of carboxylic acids is 1. The van der Waals surface area contributed by atoms with Crippen LogP contribution in [0.4, 0.5) is 0 Å². The van der Waals surface area contributed by atoms with Crippen molar-refractivity contribution in [1.29, 1.82) is 0 Å². The number of carbonyl (C=O) groups excluding carboxylic acids is 1. The molecule has 18 nitrogen and oxygen atoms in total. The zero-order chi connectivity index (χ0) is 42.7. The van der Waals surface area contributed by atoms with Crippen molar-refractivity contribution < 1.29 is 81.8 Å². The summed E-state index contributed by atoms with van der Waals surface area (Å²) >= 11 is 0. The maximum atomic E-state index is 13.4. The first-order valence-electron chi connectivity index (χ1n) is 19.2. The Morgan fingerprint density at radius 3 is 2.29 bits per heavy atom. The van der Waals surface area contributed by atoms with Gasteiger partial charge in [0, 0.05) is 11.8 Å². The van der Waals surface area contributed by atoms with Crippen molar-refractivity contribution in [2.75, 3.05) is 6.61 Å². The van der Waals surface area contributed by atoms with Crippen LogP contribution in [0.5, 0.6) is 0 Å². The molecule has 5 aliphatic rings. The Kier molecular flexibility index (Phi) is 12.7. The first-order valence-corrected chi connectivity index (χ1v) is 23.5. The summed E-state index contributed by atoms with van der Waals surface area (Å²) in [5.41, 5.74) is 0.171. The summed E-state index contributed by atoms with van der Waals surface area (Å²) in [6.45, 7) is 9.95. The van der Waals surface area contributed by atoms with Crippen LogP contribution >= 0.6 is 0 Å². The van der Waals surface area contributed by atoms with Gasteiger partial charge in [0.2, 0.25) is 0 Å². The number of hydrogen-bond donors (Lipinski definition) is 4. The lowest BCUT2D eigenvalue weighted by Crippen LogP contribution is -2.65. The smallest absolute Gasteiger partial charge is 0.397 e. The summed E-state index contributed by atoms with van der Waals surface area (Å²) in [6.07, 6.45) is -7.67. The molecule has 0 aromatic heterocycles. The van der Waals surface area contributed by atoms with E-state index >= 15 is 0 Å². The van der Waals surface area contributed by atoms with Gasteiger partial charge in [-0.3, -0.25) is 18.3 Å². The van der Waals surface area contributed by atoms with Gasteiger partial charge >= 0.3 is 32.5 Å². The van der Waals surface area contributed by atoms with Crippen LogP contribution in [-0.2, 0) is 67.1 Å². The van der Waals surface area contributed by atoms with E-state index in [1.807, 2.05) is 6.92 Å². The Balaban J connectivity index is 1.40. The number of fused-ring (bicyclic) bond motifs is 3. The molecule has 21 heteroatoms. The SMILES string of the molecule is C=C1C2CCC3C4(C)CC(O[C@H]5O[C@H](COS(=O)(=O)c6ccc(C)cc6)[C@@H](S(=O)(=O)OO)[C@@H](OS(=O)(=O)O)C5OC(=O)CC(C)C)CC(C(=O)O)C4CCC3(C2)[C@H]1O. The van der Waals surface area contributed by atoms with E-state index in [0.29, 0.717) is 31.2 Å². The number of benzene rings is 1. The Morgan fingerprint density at radius 2 is 1.69 bits per heavy atom. The van der Waals surface area contributed by atoms with Crippen LogP contribution in [0.25, 0.3) is 0 Å². The highest BCUT2D eigenvalue weighted by molar-refractivity contribution is 7.87. The van der Waals surface area contributed by atoms with Crippen molar-refractivity contribution in [2.24, 2.45) is 40.4 Å². The summed E-state index contributed by atoms with van der Waals surface area (Å²) in [4.78, 5) is 25.9. The highest BCUT2D eigenvalue weighted by Gasteiger charge is 2.67. The van der Waals surface area contributed by atoms with E-state index in [4.69, 9.17) is 22.6 Å². The van der Waals surface area contributed by atoms with Crippen molar-refractivity contribution in [3.63, 3.8) is 0 Å². The Labute approximate surface area is 338 Å². The molecule has 4 aliphatic carbocycles. The predicted molar refractivity (Wildman–Crippen MR) is 200 cm³/mol. The lowest BCUT2D eigenvalue weighted by Gasteiger charge is -2.62. The molecule has 4 saturated carbocycles. The van der Waals surface area contributed by atoms with E-state index in [1.54, 1.807) is 20.8 Å². The second-order valence-corrected chi connectivity index (χ2v) is 21.5. The average Bonchev–Trinajstić information content (AvgIpc) is 3.29. The standard InChI is InChI=1S/C37H52O18S3/c1-19(2)14-29(38)53-31-30(54-58(47,48)49)32(57(45,46)55-42)27(18-50-56(43,44)24-9-6-20(3)7-10-24)52-35(31)51-23-15-25(34(40)41)26-12-13-37-16-22(21(4)33(37)39)8-11-28(37)36(26,5)17-23/h6-7,9-10,19,22-23,25-28,30-33,35,39,42H,4,8,11-18H2,1-3,5H3,(H,40,41)(H,47,48,49)/t22?,23?,25?,26?,27-,28?,30+,31?,32-,33+,35+,36?,37?/m1/s1. The topological polar surface area (TPSA) is 273 Å². The zero-order valence-corrected chi connectivity index (χ0v) is 35.0. The number of aliphatic hydroxyl groups is 1. The number of ether oxygens (including phenoxy) is 3. The van der Waals surface area contributed by atoms with Crippen LogP contribution < -0.4 is 0 Å². The molecule has 0 radical (unpaired) electrons. The van der Waals surface area contributed by atoms with E-state index < -0.39 is 108 Å². The number of carboxylic acid groups (broad SMARTS) is 1. The van der Waals surface area contributed by atoms with Gasteiger partial charge in [0.05, 0.1) is 29.6 Å². The molecule has 8 unspecified atom stereocenters. The normalized spacial score (nSPS) is 37.9. The largest absolute Gasteiger partial charge is 0.481 e. The molecule has 1 spiro atoms. The summed E-state index contributed by atoms with van der Waals surface area (Å²) in [6, 6.07) is 5.38. The third kappa shape index (κ3) is 8.63. The quantitative estimate of drug-likeness (QED) is 0.0396. The molecule has 1 aromatic carbocycles. The highest BCUT2D eigenvalue weighted by atomic mass is 32.3. The Hall–Kier alpha value is -2.57. The molecular weight excluding hydrogens is 829 g/mol. The zero-order valence-electron chi connectivity index (χ0n) is 32.5. The number of esters is 1. The molecule has 5 fully saturated rings. The van der Waals surface area contributed by atoms with Crippen LogP contribution in [-0.4, -0.2) is 106 Å². The van der Waals surface area contributed by atoms with Gasteiger partial charge in [-0.1, -0.05) is 45.0 Å². The van der Waals surface area contributed by atoms with Crippen LogP contribution in [0.15, 0.2) is 41.3 Å². The second-order valence-electron chi connectivity index (χ2n) is 17.2. The van der Waals surface area contributed by atoms with Crippen molar-refractivity contribution >= 4 is 42.6 Å². The van der Waals surface area contributed by atoms with E-state index in [0.717, 1.165) is 12.0 Å². The summed E-state index contributed by atoms with van der Waals surface area (Å²) in [5, 5.41) is 29.1. The van der Waals surface area contributed by atoms with Crippen LogP contribution in [0.3, 0.4) is 0 Å². The number of aryl methyl sites for hydroxylation is 1. The van der Waals surface area contributed by atoms with Crippen LogP contribution in [0.1, 0.15) is 77.7 Å². The molecule has 0 amide bonds.